The van der Waals surface area contributed by atoms with Gasteiger partial charge in [0.25, 0.3) is 0 Å². The summed E-state index contributed by atoms with van der Waals surface area (Å²) in [7, 11) is 1.73. The van der Waals surface area contributed by atoms with Gasteiger partial charge in [0.15, 0.2) is 11.6 Å². The molecular weight excluding hydrogens is 241 g/mol. The molecule has 0 aliphatic rings. The Hall–Kier alpha value is -1.68. The van der Waals surface area contributed by atoms with Crippen molar-refractivity contribution >= 4 is 23.1 Å². The fraction of sp³-hybridized carbons (Fsp3) is 0.167. The van der Waals surface area contributed by atoms with Gasteiger partial charge in [0.1, 0.15) is 0 Å². The molecule has 0 atom stereocenters. The Bertz CT molecular complexity index is 528. The van der Waals surface area contributed by atoms with Gasteiger partial charge >= 0.3 is 0 Å². The maximum atomic E-state index is 13.6. The highest BCUT2D eigenvalue weighted by Crippen LogP contribution is 2.24. The van der Waals surface area contributed by atoms with E-state index in [1.165, 1.54) is 0 Å². The largest absolute Gasteiger partial charge is 0.327 e. The number of rotatable bonds is 2. The van der Waals surface area contributed by atoms with Crippen molar-refractivity contribution in [2.75, 3.05) is 11.9 Å². The SMILES string of the molecule is Cc1ccc(N(C)c2nc(Cl)ncc2F)cc1. The quantitative estimate of drug-likeness (QED) is 0.767. The Balaban J connectivity index is 2.39. The first kappa shape index (κ1) is 11.8. The van der Waals surface area contributed by atoms with Crippen molar-refractivity contribution in [1.29, 1.82) is 0 Å². The highest BCUT2D eigenvalue weighted by atomic mass is 35.5. The summed E-state index contributed by atoms with van der Waals surface area (Å²) in [5.74, 6) is -0.341. The van der Waals surface area contributed by atoms with Crippen molar-refractivity contribution in [3.05, 3.63) is 47.1 Å². The second kappa shape index (κ2) is 4.67. The fourth-order valence-corrected chi connectivity index (χ4v) is 1.59. The van der Waals surface area contributed by atoms with Crippen molar-refractivity contribution < 1.29 is 4.39 Å². The van der Waals surface area contributed by atoms with Crippen molar-refractivity contribution in [3.63, 3.8) is 0 Å². The highest BCUT2D eigenvalue weighted by molar-refractivity contribution is 6.28. The van der Waals surface area contributed by atoms with E-state index in [-0.39, 0.29) is 11.1 Å². The van der Waals surface area contributed by atoms with Gasteiger partial charge in [0, 0.05) is 12.7 Å². The van der Waals surface area contributed by atoms with Crippen LogP contribution in [0.25, 0.3) is 0 Å². The van der Waals surface area contributed by atoms with Gasteiger partial charge in [-0.2, -0.15) is 4.98 Å². The van der Waals surface area contributed by atoms with Crippen LogP contribution >= 0.6 is 11.6 Å². The molecule has 0 amide bonds. The minimum Gasteiger partial charge on any atom is -0.327 e. The molecule has 0 spiro atoms. The number of benzene rings is 1. The zero-order valence-corrected chi connectivity index (χ0v) is 10.2. The minimum atomic E-state index is -0.502. The van der Waals surface area contributed by atoms with Crippen molar-refractivity contribution in [2.24, 2.45) is 0 Å². The third kappa shape index (κ3) is 2.53. The van der Waals surface area contributed by atoms with E-state index in [1.807, 2.05) is 31.2 Å². The molecule has 0 radical (unpaired) electrons. The minimum absolute atomic E-state index is 0.0281. The average molecular weight is 252 g/mol. The molecule has 3 nitrogen and oxygen atoms in total. The Morgan fingerprint density at radius 1 is 1.24 bits per heavy atom. The molecule has 0 saturated carbocycles. The molecule has 1 heterocycles. The normalized spacial score (nSPS) is 10.4. The van der Waals surface area contributed by atoms with Crippen LogP contribution in [0.2, 0.25) is 5.28 Å². The Morgan fingerprint density at radius 3 is 2.53 bits per heavy atom. The topological polar surface area (TPSA) is 29.0 Å². The Kier molecular flexibility index (Phi) is 3.24. The summed E-state index contributed by atoms with van der Waals surface area (Å²) in [5.41, 5.74) is 1.98. The molecule has 0 saturated heterocycles. The summed E-state index contributed by atoms with van der Waals surface area (Å²) in [6.45, 7) is 1.99. The zero-order chi connectivity index (χ0) is 12.4. The lowest BCUT2D eigenvalue weighted by atomic mass is 10.2. The molecule has 0 aliphatic heterocycles. The second-order valence-electron chi connectivity index (χ2n) is 3.71. The molecule has 5 heteroatoms. The molecule has 0 N–H and O–H groups in total. The van der Waals surface area contributed by atoms with Gasteiger partial charge in [-0.05, 0) is 30.7 Å². The van der Waals surface area contributed by atoms with E-state index in [2.05, 4.69) is 9.97 Å². The van der Waals surface area contributed by atoms with Crippen LogP contribution in [0, 0.1) is 12.7 Å². The lowest BCUT2D eigenvalue weighted by Crippen LogP contribution is -2.13. The zero-order valence-electron chi connectivity index (χ0n) is 9.48. The lowest BCUT2D eigenvalue weighted by molar-refractivity contribution is 0.613. The number of aromatic nitrogens is 2. The van der Waals surface area contributed by atoms with Crippen LogP contribution in [0.15, 0.2) is 30.5 Å². The second-order valence-corrected chi connectivity index (χ2v) is 4.04. The molecule has 0 aliphatic carbocycles. The summed E-state index contributed by atoms with van der Waals surface area (Å²) in [6, 6.07) is 7.69. The molecular formula is C12H11ClFN3. The summed E-state index contributed by atoms with van der Waals surface area (Å²) in [6.07, 6.45) is 1.06. The number of aryl methyl sites for hydroxylation is 1. The molecule has 17 heavy (non-hydrogen) atoms. The van der Waals surface area contributed by atoms with E-state index in [0.717, 1.165) is 17.4 Å². The van der Waals surface area contributed by atoms with Crippen LogP contribution in [-0.2, 0) is 0 Å². The van der Waals surface area contributed by atoms with E-state index in [9.17, 15) is 4.39 Å². The van der Waals surface area contributed by atoms with E-state index in [1.54, 1.807) is 11.9 Å². The monoisotopic (exact) mass is 251 g/mol. The van der Waals surface area contributed by atoms with Crippen LogP contribution in [0.4, 0.5) is 15.9 Å². The number of anilines is 2. The number of hydrogen-bond acceptors (Lipinski definition) is 3. The van der Waals surface area contributed by atoms with Crippen molar-refractivity contribution in [2.45, 2.75) is 6.92 Å². The molecule has 0 fully saturated rings. The first-order valence-corrected chi connectivity index (χ1v) is 5.44. The van der Waals surface area contributed by atoms with Gasteiger partial charge in [-0.3, -0.25) is 0 Å². The van der Waals surface area contributed by atoms with Crippen molar-refractivity contribution in [3.8, 4) is 0 Å². The standard InChI is InChI=1S/C12H11ClFN3/c1-8-3-5-9(6-4-8)17(2)11-10(14)7-15-12(13)16-11/h3-7H,1-2H3. The van der Waals surface area contributed by atoms with E-state index >= 15 is 0 Å². The predicted molar refractivity (Wildman–Crippen MR) is 66.2 cm³/mol. The molecule has 1 aromatic carbocycles. The summed E-state index contributed by atoms with van der Waals surface area (Å²) in [5, 5.41) is 0.0281. The molecule has 0 bridgehead atoms. The van der Waals surface area contributed by atoms with E-state index in [0.29, 0.717) is 0 Å². The van der Waals surface area contributed by atoms with Crippen LogP contribution < -0.4 is 4.90 Å². The maximum Gasteiger partial charge on any atom is 0.224 e. The van der Waals surface area contributed by atoms with Crippen LogP contribution in [0.3, 0.4) is 0 Å². The van der Waals surface area contributed by atoms with Gasteiger partial charge in [-0.1, -0.05) is 17.7 Å². The third-order valence-electron chi connectivity index (χ3n) is 2.44. The Labute approximate surface area is 104 Å². The van der Waals surface area contributed by atoms with Gasteiger partial charge in [0.2, 0.25) is 5.28 Å². The van der Waals surface area contributed by atoms with Crippen LogP contribution in [-0.4, -0.2) is 17.0 Å². The summed E-state index contributed by atoms with van der Waals surface area (Å²) >= 11 is 5.66. The molecule has 2 rings (SSSR count). The lowest BCUT2D eigenvalue weighted by Gasteiger charge is -2.18. The molecule has 2 aromatic rings. The van der Waals surface area contributed by atoms with Gasteiger partial charge < -0.3 is 4.90 Å². The number of nitrogens with zero attached hydrogens (tertiary/aromatic N) is 3. The highest BCUT2D eigenvalue weighted by Gasteiger charge is 2.12. The first-order chi connectivity index (χ1) is 8.08. The maximum absolute atomic E-state index is 13.6. The first-order valence-electron chi connectivity index (χ1n) is 5.06. The van der Waals surface area contributed by atoms with Gasteiger partial charge in [0.05, 0.1) is 6.20 Å². The van der Waals surface area contributed by atoms with Crippen molar-refractivity contribution in [1.82, 2.24) is 9.97 Å². The molecule has 1 aromatic heterocycles. The number of hydrogen-bond donors (Lipinski definition) is 0. The van der Waals surface area contributed by atoms with E-state index in [4.69, 9.17) is 11.6 Å². The predicted octanol–water partition coefficient (Wildman–Crippen LogP) is 3.35. The third-order valence-corrected chi connectivity index (χ3v) is 2.62. The molecule has 0 unspecified atom stereocenters. The average Bonchev–Trinajstić information content (AvgIpc) is 2.32. The summed E-state index contributed by atoms with van der Waals surface area (Å²) < 4.78 is 13.6. The van der Waals surface area contributed by atoms with Gasteiger partial charge in [-0.15, -0.1) is 0 Å². The summed E-state index contributed by atoms with van der Waals surface area (Å²) in [4.78, 5) is 9.09. The smallest absolute Gasteiger partial charge is 0.224 e. The Morgan fingerprint density at radius 2 is 1.88 bits per heavy atom. The van der Waals surface area contributed by atoms with Crippen LogP contribution in [0.5, 0.6) is 0 Å². The fourth-order valence-electron chi connectivity index (χ4n) is 1.46. The van der Waals surface area contributed by atoms with E-state index < -0.39 is 5.82 Å². The molecule has 88 valence electrons. The van der Waals surface area contributed by atoms with Crippen LogP contribution in [0.1, 0.15) is 5.56 Å². The number of halogens is 2. The van der Waals surface area contributed by atoms with Gasteiger partial charge in [-0.25, -0.2) is 9.37 Å².